The molecule has 3 nitrogen and oxygen atoms in total. The van der Waals surface area contributed by atoms with Crippen LogP contribution in [0.25, 0.3) is 0 Å². The van der Waals surface area contributed by atoms with Crippen LogP contribution in [0.4, 0.5) is 8.78 Å². The molecule has 1 fully saturated rings. The summed E-state index contributed by atoms with van der Waals surface area (Å²) in [5.41, 5.74) is 0.413. The smallest absolute Gasteiger partial charge is 0.260 e. The minimum Gasteiger partial charge on any atom is -0.497 e. The van der Waals surface area contributed by atoms with E-state index in [1.807, 2.05) is 12.1 Å². The van der Waals surface area contributed by atoms with Crippen molar-refractivity contribution in [3.05, 3.63) is 65.2 Å². The lowest BCUT2D eigenvalue weighted by Gasteiger charge is -2.23. The molecular weight excluding hydrogens is 300 g/mol. The minimum absolute atomic E-state index is 0.0450. The number of nitrogens with zero attached hydrogens (tertiary/aromatic N) is 1. The van der Waals surface area contributed by atoms with E-state index in [0.717, 1.165) is 36.3 Å². The second kappa shape index (κ2) is 6.36. The van der Waals surface area contributed by atoms with Gasteiger partial charge in [-0.25, -0.2) is 8.78 Å². The summed E-state index contributed by atoms with van der Waals surface area (Å²) in [6.07, 6.45) is 1.72. The van der Waals surface area contributed by atoms with E-state index >= 15 is 0 Å². The maximum absolute atomic E-state index is 13.9. The zero-order chi connectivity index (χ0) is 16.4. The largest absolute Gasteiger partial charge is 0.497 e. The summed E-state index contributed by atoms with van der Waals surface area (Å²) in [4.78, 5) is 14.2. The normalized spacial score (nSPS) is 13.7. The highest BCUT2D eigenvalue weighted by molar-refractivity contribution is 5.95. The molecule has 0 atom stereocenters. The van der Waals surface area contributed by atoms with Crippen LogP contribution in [0, 0.1) is 11.6 Å². The second-order valence-corrected chi connectivity index (χ2v) is 5.61. The number of carbonyl (C=O) groups is 1. The van der Waals surface area contributed by atoms with Crippen LogP contribution in [0.1, 0.15) is 28.8 Å². The van der Waals surface area contributed by atoms with Crippen molar-refractivity contribution in [2.75, 3.05) is 7.11 Å². The summed E-state index contributed by atoms with van der Waals surface area (Å²) in [6, 6.07) is 10.8. The van der Waals surface area contributed by atoms with Gasteiger partial charge in [0.15, 0.2) is 0 Å². The highest BCUT2D eigenvalue weighted by atomic mass is 19.1. The Hall–Kier alpha value is -2.43. The van der Waals surface area contributed by atoms with Crippen LogP contribution in [-0.4, -0.2) is 24.0 Å². The van der Waals surface area contributed by atoms with Gasteiger partial charge in [-0.05, 0) is 42.7 Å². The Bertz CT molecular complexity index is 691. The van der Waals surface area contributed by atoms with E-state index < -0.39 is 23.1 Å². The quantitative estimate of drug-likeness (QED) is 0.840. The maximum atomic E-state index is 13.9. The second-order valence-electron chi connectivity index (χ2n) is 5.61. The van der Waals surface area contributed by atoms with E-state index in [2.05, 4.69) is 0 Å². The van der Waals surface area contributed by atoms with Crippen LogP contribution in [0.15, 0.2) is 42.5 Å². The summed E-state index contributed by atoms with van der Waals surface area (Å²) in [6.45, 7) is 0.321. The number of halogens is 2. The molecule has 0 bridgehead atoms. The molecule has 2 aromatic carbocycles. The van der Waals surface area contributed by atoms with Crippen molar-refractivity contribution in [1.82, 2.24) is 4.90 Å². The Morgan fingerprint density at radius 3 is 2.26 bits per heavy atom. The summed E-state index contributed by atoms with van der Waals surface area (Å²) >= 11 is 0. The molecule has 1 aliphatic rings. The van der Waals surface area contributed by atoms with E-state index in [1.54, 1.807) is 24.1 Å². The zero-order valence-electron chi connectivity index (χ0n) is 12.8. The van der Waals surface area contributed by atoms with Crippen molar-refractivity contribution in [2.24, 2.45) is 0 Å². The molecule has 2 aromatic rings. The number of benzene rings is 2. The third kappa shape index (κ3) is 3.33. The van der Waals surface area contributed by atoms with Crippen LogP contribution in [0.3, 0.4) is 0 Å². The van der Waals surface area contributed by atoms with Crippen LogP contribution < -0.4 is 4.74 Å². The van der Waals surface area contributed by atoms with Gasteiger partial charge in [-0.1, -0.05) is 18.2 Å². The van der Waals surface area contributed by atoms with Gasteiger partial charge in [0.1, 0.15) is 22.9 Å². The first-order valence-electron chi connectivity index (χ1n) is 7.48. The van der Waals surface area contributed by atoms with Gasteiger partial charge >= 0.3 is 0 Å². The molecule has 0 spiro atoms. The summed E-state index contributed by atoms with van der Waals surface area (Å²) in [7, 11) is 1.58. The summed E-state index contributed by atoms with van der Waals surface area (Å²) in [5, 5.41) is 0. The van der Waals surface area contributed by atoms with Gasteiger partial charge < -0.3 is 9.64 Å². The lowest BCUT2D eigenvalue weighted by Crippen LogP contribution is -2.33. The average molecular weight is 317 g/mol. The number of amides is 1. The Morgan fingerprint density at radius 1 is 1.13 bits per heavy atom. The molecule has 1 amide bonds. The van der Waals surface area contributed by atoms with Gasteiger partial charge in [-0.3, -0.25) is 4.79 Å². The van der Waals surface area contributed by atoms with Gasteiger partial charge in [0.25, 0.3) is 5.91 Å². The molecule has 0 unspecified atom stereocenters. The molecule has 5 heteroatoms. The topological polar surface area (TPSA) is 29.5 Å². The molecule has 0 radical (unpaired) electrons. The number of rotatable bonds is 5. The average Bonchev–Trinajstić information content (AvgIpc) is 3.37. The molecule has 0 saturated heterocycles. The Morgan fingerprint density at radius 2 is 1.74 bits per heavy atom. The number of hydrogen-bond donors (Lipinski definition) is 0. The molecule has 120 valence electrons. The van der Waals surface area contributed by atoms with Crippen LogP contribution in [0.5, 0.6) is 5.75 Å². The SMILES string of the molecule is COc1ccc(CN(C(=O)c2c(F)cccc2F)C2CC2)cc1. The monoisotopic (exact) mass is 317 g/mol. The molecule has 23 heavy (non-hydrogen) atoms. The summed E-state index contributed by atoms with van der Waals surface area (Å²) < 4.78 is 32.9. The van der Waals surface area contributed by atoms with Crippen molar-refractivity contribution in [2.45, 2.75) is 25.4 Å². The van der Waals surface area contributed by atoms with Crippen molar-refractivity contribution in [1.29, 1.82) is 0 Å². The molecule has 1 saturated carbocycles. The fourth-order valence-electron chi connectivity index (χ4n) is 2.53. The number of ether oxygens (including phenoxy) is 1. The Balaban J connectivity index is 1.85. The fourth-order valence-corrected chi connectivity index (χ4v) is 2.53. The van der Waals surface area contributed by atoms with Gasteiger partial charge in [0.05, 0.1) is 7.11 Å². The van der Waals surface area contributed by atoms with Crippen LogP contribution in [-0.2, 0) is 6.54 Å². The van der Waals surface area contributed by atoms with E-state index in [4.69, 9.17) is 4.74 Å². The standard InChI is InChI=1S/C18H17F2NO2/c1-23-14-9-5-12(6-10-14)11-21(13-7-8-13)18(22)17-15(19)3-2-4-16(17)20/h2-6,9-10,13H,7-8,11H2,1H3. The lowest BCUT2D eigenvalue weighted by atomic mass is 10.1. The molecule has 0 aromatic heterocycles. The molecule has 1 aliphatic carbocycles. The van der Waals surface area contributed by atoms with E-state index in [-0.39, 0.29) is 6.04 Å². The van der Waals surface area contributed by atoms with Crippen LogP contribution in [0.2, 0.25) is 0 Å². The maximum Gasteiger partial charge on any atom is 0.260 e. The number of hydrogen-bond acceptors (Lipinski definition) is 2. The van der Waals surface area contributed by atoms with Gasteiger partial charge in [-0.2, -0.15) is 0 Å². The predicted octanol–water partition coefficient (Wildman–Crippen LogP) is 3.78. The minimum atomic E-state index is -0.824. The first-order valence-corrected chi connectivity index (χ1v) is 7.48. The van der Waals surface area contributed by atoms with Crippen molar-refractivity contribution in [3.63, 3.8) is 0 Å². The van der Waals surface area contributed by atoms with E-state index in [1.165, 1.54) is 6.07 Å². The highest BCUT2D eigenvalue weighted by Crippen LogP contribution is 2.31. The van der Waals surface area contributed by atoms with Crippen molar-refractivity contribution >= 4 is 5.91 Å². The van der Waals surface area contributed by atoms with E-state index in [0.29, 0.717) is 6.54 Å². The first kappa shape index (κ1) is 15.5. The number of methoxy groups -OCH3 is 1. The molecule has 3 rings (SSSR count). The van der Waals surface area contributed by atoms with Gasteiger partial charge in [-0.15, -0.1) is 0 Å². The summed E-state index contributed by atoms with van der Waals surface area (Å²) in [5.74, 6) is -1.53. The third-order valence-electron chi connectivity index (χ3n) is 3.94. The molecule has 0 aliphatic heterocycles. The lowest BCUT2D eigenvalue weighted by molar-refractivity contribution is 0.0720. The van der Waals surface area contributed by atoms with Crippen LogP contribution >= 0.6 is 0 Å². The first-order chi connectivity index (χ1) is 11.1. The zero-order valence-corrected chi connectivity index (χ0v) is 12.8. The molecular formula is C18H17F2NO2. The van der Waals surface area contributed by atoms with E-state index in [9.17, 15) is 13.6 Å². The fraction of sp³-hybridized carbons (Fsp3) is 0.278. The number of carbonyl (C=O) groups excluding carboxylic acids is 1. The van der Waals surface area contributed by atoms with Gasteiger partial charge in [0.2, 0.25) is 0 Å². The third-order valence-corrected chi connectivity index (χ3v) is 3.94. The molecule has 0 heterocycles. The highest BCUT2D eigenvalue weighted by Gasteiger charge is 2.35. The van der Waals surface area contributed by atoms with Crippen molar-refractivity contribution < 1.29 is 18.3 Å². The predicted molar refractivity (Wildman–Crippen MR) is 82.2 cm³/mol. The Kier molecular flexibility index (Phi) is 4.28. The Labute approximate surface area is 133 Å². The molecule has 0 N–H and O–H groups in total. The van der Waals surface area contributed by atoms with Crippen molar-refractivity contribution in [3.8, 4) is 5.75 Å². The van der Waals surface area contributed by atoms with Gasteiger partial charge in [0, 0.05) is 12.6 Å².